The first-order valence-corrected chi connectivity index (χ1v) is 11.8. The van der Waals surface area contributed by atoms with E-state index in [2.05, 4.69) is 10.3 Å². The van der Waals surface area contributed by atoms with Crippen LogP contribution in [0.4, 0.5) is 13.2 Å². The Bertz CT molecular complexity index is 1400. The van der Waals surface area contributed by atoms with Gasteiger partial charge in [-0.15, -0.1) is 0 Å². The molecule has 9 heteroatoms. The summed E-state index contributed by atoms with van der Waals surface area (Å²) in [6.45, 7) is 2.25. The van der Waals surface area contributed by atoms with E-state index in [0.29, 0.717) is 41.4 Å². The quantitative estimate of drug-likeness (QED) is 0.320. The smallest absolute Gasteiger partial charge is 0.416 e. The number of benzene rings is 2. The Hall–Kier alpha value is -4.01. The maximum absolute atomic E-state index is 13.5. The van der Waals surface area contributed by atoms with Crippen molar-refractivity contribution in [2.75, 3.05) is 20.8 Å². The van der Waals surface area contributed by atoms with Gasteiger partial charge in [-0.05, 0) is 54.8 Å². The number of imidazole rings is 1. The molecule has 0 bridgehead atoms. The van der Waals surface area contributed by atoms with E-state index in [1.165, 1.54) is 6.07 Å². The molecule has 2 heterocycles. The number of methoxy groups -OCH3 is 2. The zero-order chi connectivity index (χ0) is 26.6. The SMILES string of the molecule is COc1ccc(CCNC(=O)CC(c2cccc(C(F)(F)F)c2)c2cnc3cccc(C)n23)cc1OC. The normalized spacial score (nSPS) is 12.4. The number of fused-ring (bicyclic) bond motifs is 1. The number of nitrogens with zero attached hydrogens (tertiary/aromatic N) is 2. The predicted octanol–water partition coefficient (Wildman–Crippen LogP) is 5.56. The summed E-state index contributed by atoms with van der Waals surface area (Å²) in [7, 11) is 3.11. The molecule has 0 aliphatic carbocycles. The number of nitrogens with one attached hydrogen (secondary N) is 1. The summed E-state index contributed by atoms with van der Waals surface area (Å²) >= 11 is 0. The number of pyridine rings is 1. The summed E-state index contributed by atoms with van der Waals surface area (Å²) in [6.07, 6.45) is -2.34. The number of aromatic nitrogens is 2. The lowest BCUT2D eigenvalue weighted by Gasteiger charge is -2.20. The molecule has 1 N–H and O–H groups in total. The van der Waals surface area contributed by atoms with Gasteiger partial charge < -0.3 is 19.2 Å². The van der Waals surface area contributed by atoms with Crippen LogP contribution in [0.3, 0.4) is 0 Å². The fraction of sp³-hybridized carbons (Fsp3) is 0.286. The summed E-state index contributed by atoms with van der Waals surface area (Å²) in [5.74, 6) is 0.312. The van der Waals surface area contributed by atoms with E-state index in [-0.39, 0.29) is 12.3 Å². The molecule has 0 spiro atoms. The molecule has 1 atom stereocenters. The van der Waals surface area contributed by atoms with E-state index in [4.69, 9.17) is 9.47 Å². The molecule has 1 unspecified atom stereocenters. The Kier molecular flexibility index (Phi) is 7.71. The molecule has 2 aromatic carbocycles. The first kappa shape index (κ1) is 26.1. The number of amides is 1. The lowest BCUT2D eigenvalue weighted by Crippen LogP contribution is -2.28. The van der Waals surface area contributed by atoms with Crippen LogP contribution in [0, 0.1) is 6.92 Å². The summed E-state index contributed by atoms with van der Waals surface area (Å²) in [4.78, 5) is 17.5. The fourth-order valence-corrected chi connectivity index (χ4v) is 4.44. The zero-order valence-corrected chi connectivity index (χ0v) is 20.8. The number of hydrogen-bond acceptors (Lipinski definition) is 4. The number of rotatable bonds is 9. The van der Waals surface area contributed by atoms with Crippen LogP contribution in [0.1, 0.15) is 40.4 Å². The molecule has 0 saturated heterocycles. The van der Waals surface area contributed by atoms with Gasteiger partial charge in [-0.2, -0.15) is 13.2 Å². The number of ether oxygens (including phenoxy) is 2. The number of carbonyl (C=O) groups excluding carboxylic acids is 1. The highest BCUT2D eigenvalue weighted by molar-refractivity contribution is 5.77. The second-order valence-corrected chi connectivity index (χ2v) is 8.71. The third-order valence-electron chi connectivity index (χ3n) is 6.30. The van der Waals surface area contributed by atoms with E-state index in [9.17, 15) is 18.0 Å². The summed E-state index contributed by atoms with van der Waals surface area (Å²) in [5.41, 5.74) is 2.79. The van der Waals surface area contributed by atoms with Crippen molar-refractivity contribution >= 4 is 11.6 Å². The van der Waals surface area contributed by atoms with Gasteiger partial charge in [-0.1, -0.05) is 30.3 Å². The van der Waals surface area contributed by atoms with Gasteiger partial charge in [0.15, 0.2) is 11.5 Å². The molecule has 2 aromatic heterocycles. The van der Waals surface area contributed by atoms with Crippen molar-refractivity contribution in [2.45, 2.75) is 31.9 Å². The van der Waals surface area contributed by atoms with Crippen LogP contribution in [-0.4, -0.2) is 36.1 Å². The van der Waals surface area contributed by atoms with Crippen molar-refractivity contribution in [1.82, 2.24) is 14.7 Å². The Morgan fingerprint density at radius 1 is 1.03 bits per heavy atom. The Morgan fingerprint density at radius 2 is 1.78 bits per heavy atom. The van der Waals surface area contributed by atoms with E-state index in [0.717, 1.165) is 23.4 Å². The minimum Gasteiger partial charge on any atom is -0.493 e. The van der Waals surface area contributed by atoms with Crippen LogP contribution < -0.4 is 14.8 Å². The van der Waals surface area contributed by atoms with Crippen LogP contribution in [0.2, 0.25) is 0 Å². The van der Waals surface area contributed by atoms with Crippen LogP contribution in [-0.2, 0) is 17.4 Å². The monoisotopic (exact) mass is 511 g/mol. The lowest BCUT2D eigenvalue weighted by atomic mass is 9.91. The highest BCUT2D eigenvalue weighted by Crippen LogP contribution is 2.35. The number of carbonyl (C=O) groups is 1. The zero-order valence-electron chi connectivity index (χ0n) is 20.8. The van der Waals surface area contributed by atoms with Crippen LogP contribution in [0.5, 0.6) is 11.5 Å². The van der Waals surface area contributed by atoms with E-state index in [1.807, 2.05) is 41.7 Å². The van der Waals surface area contributed by atoms with E-state index in [1.54, 1.807) is 32.5 Å². The van der Waals surface area contributed by atoms with Gasteiger partial charge in [0.2, 0.25) is 5.91 Å². The van der Waals surface area contributed by atoms with Crippen molar-refractivity contribution in [3.05, 3.63) is 94.9 Å². The molecule has 0 aliphatic rings. The van der Waals surface area contributed by atoms with Gasteiger partial charge in [-0.3, -0.25) is 4.79 Å². The van der Waals surface area contributed by atoms with Crippen molar-refractivity contribution in [2.24, 2.45) is 0 Å². The van der Waals surface area contributed by atoms with Gasteiger partial charge in [0.25, 0.3) is 0 Å². The van der Waals surface area contributed by atoms with Gasteiger partial charge >= 0.3 is 6.18 Å². The number of alkyl halides is 3. The number of aryl methyl sites for hydroxylation is 1. The minimum absolute atomic E-state index is 0.0324. The molecule has 0 radical (unpaired) electrons. The summed E-state index contributed by atoms with van der Waals surface area (Å²) in [5, 5.41) is 2.90. The molecule has 0 fully saturated rings. The fourth-order valence-electron chi connectivity index (χ4n) is 4.44. The third kappa shape index (κ3) is 5.87. The lowest BCUT2D eigenvalue weighted by molar-refractivity contribution is -0.137. The topological polar surface area (TPSA) is 64.9 Å². The minimum atomic E-state index is -4.49. The first-order valence-electron chi connectivity index (χ1n) is 11.8. The Labute approximate surface area is 213 Å². The van der Waals surface area contributed by atoms with Gasteiger partial charge in [0, 0.05) is 30.8 Å². The Balaban J connectivity index is 1.57. The second kappa shape index (κ2) is 10.9. The molecule has 37 heavy (non-hydrogen) atoms. The van der Waals surface area contributed by atoms with Crippen molar-refractivity contribution in [3.63, 3.8) is 0 Å². The standard InChI is InChI=1S/C28H28F3N3O3/c1-18-6-4-9-26-33-17-23(34(18)26)22(20-7-5-8-21(15-20)28(29,30)31)16-27(35)32-13-12-19-10-11-24(36-2)25(14-19)37-3/h4-11,14-15,17,22H,12-13,16H2,1-3H3,(H,32,35). The first-order chi connectivity index (χ1) is 17.7. The van der Waals surface area contributed by atoms with E-state index < -0.39 is 17.7 Å². The molecule has 0 saturated carbocycles. The summed E-state index contributed by atoms with van der Waals surface area (Å²) in [6, 6.07) is 16.2. The molecule has 6 nitrogen and oxygen atoms in total. The second-order valence-electron chi connectivity index (χ2n) is 8.71. The van der Waals surface area contributed by atoms with Gasteiger partial charge in [0.05, 0.1) is 25.5 Å². The molecular formula is C28H28F3N3O3. The maximum atomic E-state index is 13.5. The number of hydrogen-bond donors (Lipinski definition) is 1. The largest absolute Gasteiger partial charge is 0.493 e. The van der Waals surface area contributed by atoms with Gasteiger partial charge in [0.1, 0.15) is 5.65 Å². The van der Waals surface area contributed by atoms with E-state index >= 15 is 0 Å². The van der Waals surface area contributed by atoms with Crippen LogP contribution >= 0.6 is 0 Å². The third-order valence-corrected chi connectivity index (χ3v) is 6.30. The molecule has 1 amide bonds. The number of halogens is 3. The molecule has 194 valence electrons. The predicted molar refractivity (Wildman–Crippen MR) is 134 cm³/mol. The highest BCUT2D eigenvalue weighted by atomic mass is 19.4. The van der Waals surface area contributed by atoms with Crippen LogP contribution in [0.25, 0.3) is 5.65 Å². The molecular weight excluding hydrogens is 483 g/mol. The molecule has 0 aliphatic heterocycles. The Morgan fingerprint density at radius 3 is 2.51 bits per heavy atom. The average molecular weight is 512 g/mol. The van der Waals surface area contributed by atoms with Crippen molar-refractivity contribution in [1.29, 1.82) is 0 Å². The molecule has 4 aromatic rings. The van der Waals surface area contributed by atoms with Crippen molar-refractivity contribution < 1.29 is 27.4 Å². The highest BCUT2D eigenvalue weighted by Gasteiger charge is 2.32. The van der Waals surface area contributed by atoms with Crippen molar-refractivity contribution in [3.8, 4) is 11.5 Å². The van der Waals surface area contributed by atoms with Gasteiger partial charge in [-0.25, -0.2) is 4.98 Å². The van der Waals surface area contributed by atoms with Crippen LogP contribution in [0.15, 0.2) is 66.9 Å². The molecule has 4 rings (SSSR count). The maximum Gasteiger partial charge on any atom is 0.416 e. The summed E-state index contributed by atoms with van der Waals surface area (Å²) < 4.78 is 52.9. The average Bonchev–Trinajstić information content (AvgIpc) is 3.32.